The minimum atomic E-state index is -0.720. The van der Waals surface area contributed by atoms with E-state index in [1.165, 1.54) is 19.4 Å². The third kappa shape index (κ3) is 3.82. The topological polar surface area (TPSA) is 120 Å². The van der Waals surface area contributed by atoms with Crippen LogP contribution in [0.15, 0.2) is 16.8 Å². The lowest BCUT2D eigenvalue weighted by atomic mass is 9.48. The molecule has 7 atom stereocenters. The summed E-state index contributed by atoms with van der Waals surface area (Å²) in [6.07, 6.45) is 8.30. The third-order valence-corrected chi connectivity index (χ3v) is 8.73. The van der Waals surface area contributed by atoms with E-state index in [1.54, 1.807) is 0 Å². The van der Waals surface area contributed by atoms with E-state index in [-0.39, 0.29) is 28.9 Å². The second kappa shape index (κ2) is 8.19. The van der Waals surface area contributed by atoms with Gasteiger partial charge in [-0.1, -0.05) is 25.5 Å². The van der Waals surface area contributed by atoms with Crippen LogP contribution in [0.4, 0.5) is 4.79 Å². The van der Waals surface area contributed by atoms with Crippen molar-refractivity contribution in [3.8, 4) is 0 Å². The van der Waals surface area contributed by atoms with E-state index >= 15 is 0 Å². The highest BCUT2D eigenvalue weighted by molar-refractivity contribution is 5.98. The van der Waals surface area contributed by atoms with Gasteiger partial charge in [0.1, 0.15) is 12.2 Å². The third-order valence-electron chi connectivity index (χ3n) is 8.73. The summed E-state index contributed by atoms with van der Waals surface area (Å²) >= 11 is 0. The summed E-state index contributed by atoms with van der Waals surface area (Å²) in [6.45, 7) is 7.46. The number of hydrogen-bond acceptors (Lipinski definition) is 6. The molecule has 0 aromatic heterocycles. The zero-order valence-corrected chi connectivity index (χ0v) is 19.5. The van der Waals surface area contributed by atoms with Gasteiger partial charge in [-0.3, -0.25) is 9.59 Å². The van der Waals surface area contributed by atoms with Gasteiger partial charge in [-0.2, -0.15) is 5.10 Å². The molecule has 0 aromatic carbocycles. The van der Waals surface area contributed by atoms with Gasteiger partial charge < -0.3 is 15.2 Å². The molecular weight excluding hydrogens is 410 g/mol. The molecule has 0 saturated heterocycles. The second-order valence-electron chi connectivity index (χ2n) is 10.5. The fourth-order valence-electron chi connectivity index (χ4n) is 7.37. The fraction of sp³-hybridized carbons (Fsp3) is 0.750. The molecule has 3 N–H and O–H groups in total. The van der Waals surface area contributed by atoms with E-state index in [0.29, 0.717) is 24.2 Å². The summed E-state index contributed by atoms with van der Waals surface area (Å²) in [5.41, 5.74) is 9.65. The average Bonchev–Trinajstić information content (AvgIpc) is 2.96. The largest absolute Gasteiger partial charge is 0.462 e. The lowest BCUT2D eigenvalue weighted by molar-refractivity contribution is -0.148. The van der Waals surface area contributed by atoms with Gasteiger partial charge >= 0.3 is 18.0 Å². The number of ether oxygens (including phenoxy) is 2. The Kier molecular flexibility index (Phi) is 5.84. The van der Waals surface area contributed by atoms with E-state index < -0.39 is 12.1 Å². The highest BCUT2D eigenvalue weighted by atomic mass is 16.5. The molecule has 0 spiro atoms. The predicted molar refractivity (Wildman–Crippen MR) is 118 cm³/mol. The molecule has 2 amide bonds. The standard InChI is InChI=1S/C24H35N3O5/c1-13(28)31-16-7-9-23(3)15(11-16)5-6-17-18(23)8-10-24(4)19(17)12-20(32-14(2)29)21(24)26-27-22(25)30/h5,16-20H,6-12H2,1-4H3,(H3,25,27,30)/b26-21-/t16-,17-,18+,19+,20+,23-,24+/m0/s1. The fourth-order valence-corrected chi connectivity index (χ4v) is 7.37. The van der Waals surface area contributed by atoms with E-state index in [0.717, 1.165) is 44.2 Å². The van der Waals surface area contributed by atoms with Crippen molar-refractivity contribution in [1.82, 2.24) is 5.43 Å². The molecule has 3 saturated carbocycles. The number of nitrogens with two attached hydrogens (primary N) is 1. The van der Waals surface area contributed by atoms with Gasteiger partial charge in [0.05, 0.1) is 5.71 Å². The van der Waals surface area contributed by atoms with E-state index in [2.05, 4.69) is 30.5 Å². The summed E-state index contributed by atoms with van der Waals surface area (Å²) in [4.78, 5) is 34.6. The maximum absolute atomic E-state index is 11.8. The molecule has 3 fully saturated rings. The van der Waals surface area contributed by atoms with Gasteiger partial charge in [0.25, 0.3) is 0 Å². The first kappa shape index (κ1) is 22.8. The molecule has 8 nitrogen and oxygen atoms in total. The Morgan fingerprint density at radius 3 is 2.41 bits per heavy atom. The zero-order valence-electron chi connectivity index (χ0n) is 19.5. The number of hydrazone groups is 1. The van der Waals surface area contributed by atoms with Gasteiger partial charge in [-0.05, 0) is 61.7 Å². The Labute approximate surface area is 189 Å². The molecule has 32 heavy (non-hydrogen) atoms. The van der Waals surface area contributed by atoms with Crippen molar-refractivity contribution in [2.45, 2.75) is 84.8 Å². The first-order valence-corrected chi connectivity index (χ1v) is 11.7. The Morgan fingerprint density at radius 1 is 1.06 bits per heavy atom. The van der Waals surface area contributed by atoms with E-state index in [4.69, 9.17) is 15.2 Å². The number of rotatable bonds is 3. The van der Waals surface area contributed by atoms with Crippen molar-refractivity contribution < 1.29 is 23.9 Å². The molecule has 0 heterocycles. The quantitative estimate of drug-likeness (QED) is 0.392. The van der Waals surface area contributed by atoms with Gasteiger partial charge in [-0.15, -0.1) is 0 Å². The number of primary amides is 1. The van der Waals surface area contributed by atoms with Crippen molar-refractivity contribution in [1.29, 1.82) is 0 Å². The number of urea groups is 1. The number of allylic oxidation sites excluding steroid dienone is 1. The zero-order chi connectivity index (χ0) is 23.3. The van der Waals surface area contributed by atoms with Crippen molar-refractivity contribution in [3.63, 3.8) is 0 Å². The number of nitrogens with one attached hydrogen (secondary N) is 1. The minimum Gasteiger partial charge on any atom is -0.462 e. The number of esters is 2. The van der Waals surface area contributed by atoms with Crippen LogP contribution in [-0.4, -0.2) is 35.9 Å². The minimum absolute atomic E-state index is 0.0179. The van der Waals surface area contributed by atoms with Crippen LogP contribution >= 0.6 is 0 Å². The Bertz CT molecular complexity index is 883. The Balaban J connectivity index is 1.62. The first-order chi connectivity index (χ1) is 15.0. The highest BCUT2D eigenvalue weighted by Gasteiger charge is 2.61. The van der Waals surface area contributed by atoms with Crippen LogP contribution in [0.5, 0.6) is 0 Å². The molecule has 0 aliphatic heterocycles. The Hall–Kier alpha value is -2.38. The number of fused-ring (bicyclic) bond motifs is 5. The van der Waals surface area contributed by atoms with Crippen LogP contribution in [0.2, 0.25) is 0 Å². The number of hydrogen-bond donors (Lipinski definition) is 2. The summed E-state index contributed by atoms with van der Waals surface area (Å²) in [7, 11) is 0. The summed E-state index contributed by atoms with van der Waals surface area (Å²) in [6, 6.07) is -0.720. The van der Waals surface area contributed by atoms with E-state index in [9.17, 15) is 14.4 Å². The van der Waals surface area contributed by atoms with E-state index in [1.807, 2.05) is 0 Å². The van der Waals surface area contributed by atoms with Gasteiger partial charge in [0.2, 0.25) is 0 Å². The van der Waals surface area contributed by atoms with Crippen LogP contribution < -0.4 is 11.2 Å². The summed E-state index contributed by atoms with van der Waals surface area (Å²) in [5.74, 6) is 0.731. The lowest BCUT2D eigenvalue weighted by Crippen LogP contribution is -2.51. The molecule has 0 radical (unpaired) electrons. The SMILES string of the molecule is CC(=O)O[C@H]1CC[C@@]2(C)C(=CC[C@H]3[C@H]2CC[C@@]2(C)/C(=N\NC(N)=O)[C@H](OC(C)=O)C[C@H]32)C1. The van der Waals surface area contributed by atoms with Crippen LogP contribution in [0.25, 0.3) is 0 Å². The predicted octanol–water partition coefficient (Wildman–Crippen LogP) is 3.45. The number of nitrogens with zero attached hydrogens (tertiary/aromatic N) is 1. The van der Waals surface area contributed by atoms with Crippen molar-refractivity contribution in [3.05, 3.63) is 11.6 Å². The molecule has 4 aliphatic rings. The highest BCUT2D eigenvalue weighted by Crippen LogP contribution is 2.64. The van der Waals surface area contributed by atoms with Crippen molar-refractivity contribution in [2.75, 3.05) is 0 Å². The molecule has 4 rings (SSSR count). The number of carbonyl (C=O) groups is 3. The van der Waals surface area contributed by atoms with Crippen LogP contribution in [0, 0.1) is 28.6 Å². The summed E-state index contributed by atoms with van der Waals surface area (Å²) < 4.78 is 11.2. The molecule has 0 bridgehead atoms. The summed E-state index contributed by atoms with van der Waals surface area (Å²) in [5, 5.41) is 4.34. The van der Waals surface area contributed by atoms with Gasteiger partial charge in [-0.25, -0.2) is 10.2 Å². The van der Waals surface area contributed by atoms with Gasteiger partial charge in [0, 0.05) is 25.7 Å². The maximum Gasteiger partial charge on any atom is 0.332 e. The molecule has 0 aromatic rings. The van der Waals surface area contributed by atoms with Crippen molar-refractivity contribution >= 4 is 23.7 Å². The van der Waals surface area contributed by atoms with Crippen LogP contribution in [0.3, 0.4) is 0 Å². The molecule has 4 aliphatic carbocycles. The maximum atomic E-state index is 11.8. The monoisotopic (exact) mass is 445 g/mol. The molecule has 176 valence electrons. The first-order valence-electron chi connectivity index (χ1n) is 11.7. The number of amides is 2. The van der Waals surface area contributed by atoms with Crippen molar-refractivity contribution in [2.24, 2.45) is 39.4 Å². The smallest absolute Gasteiger partial charge is 0.332 e. The van der Waals surface area contributed by atoms with Crippen LogP contribution in [-0.2, 0) is 19.1 Å². The second-order valence-corrected chi connectivity index (χ2v) is 10.5. The molecule has 8 heteroatoms. The number of carbonyl (C=O) groups excluding carboxylic acids is 3. The lowest BCUT2D eigenvalue weighted by Gasteiger charge is -2.57. The van der Waals surface area contributed by atoms with Gasteiger partial charge in [0.15, 0.2) is 0 Å². The van der Waals surface area contributed by atoms with Crippen LogP contribution in [0.1, 0.15) is 72.6 Å². The molecular formula is C24H35N3O5. The normalized spacial score (nSPS) is 41.6. The average molecular weight is 446 g/mol. The molecule has 0 unspecified atom stereocenters. The Morgan fingerprint density at radius 2 is 1.75 bits per heavy atom.